The normalized spacial score (nSPS) is 9.22. The van der Waals surface area contributed by atoms with Gasteiger partial charge in [-0.1, -0.05) is 81.1 Å². The summed E-state index contributed by atoms with van der Waals surface area (Å²) < 4.78 is 0. The molecule has 2 aromatic rings. The van der Waals surface area contributed by atoms with Crippen molar-refractivity contribution in [2.75, 3.05) is 0 Å². The number of hydrogen-bond acceptors (Lipinski definition) is 0. The molecule has 2 aromatic carbocycles. The first-order valence-corrected chi connectivity index (χ1v) is 6.64. The molecule has 0 bridgehead atoms. The summed E-state index contributed by atoms with van der Waals surface area (Å²) in [7, 11) is 0. The van der Waals surface area contributed by atoms with Gasteiger partial charge in [-0.15, -0.1) is 0 Å². The standard InChI is InChI=1S/C16H16.C2H6/c1-2-14-8-10-16(11-9-14)13-12-15-6-4-3-5-7-15;1-2/h2-11H,1,12-13H2;1-2H3. The molecule has 0 atom stereocenters. The molecule has 0 radical (unpaired) electrons. The molecule has 0 aliphatic heterocycles. The fourth-order valence-corrected chi connectivity index (χ4v) is 1.75. The maximum atomic E-state index is 3.75. The highest BCUT2D eigenvalue weighted by atomic mass is 14.0. The Balaban J connectivity index is 0.000000771. The highest BCUT2D eigenvalue weighted by Gasteiger charge is 1.95. The van der Waals surface area contributed by atoms with E-state index in [1.54, 1.807) is 0 Å². The second-order valence-electron chi connectivity index (χ2n) is 3.93. The van der Waals surface area contributed by atoms with E-state index in [-0.39, 0.29) is 0 Å². The van der Waals surface area contributed by atoms with Gasteiger partial charge in [0.25, 0.3) is 0 Å². The molecule has 0 unspecified atom stereocenters. The van der Waals surface area contributed by atoms with Crippen molar-refractivity contribution in [2.24, 2.45) is 0 Å². The highest BCUT2D eigenvalue weighted by molar-refractivity contribution is 5.47. The van der Waals surface area contributed by atoms with Crippen molar-refractivity contribution < 1.29 is 0 Å². The van der Waals surface area contributed by atoms with Crippen LogP contribution in [0.4, 0.5) is 0 Å². The molecule has 0 fully saturated rings. The molecule has 0 spiro atoms. The average Bonchev–Trinajstić information content (AvgIpc) is 2.49. The minimum atomic E-state index is 1.10. The first-order chi connectivity index (χ1) is 8.88. The van der Waals surface area contributed by atoms with Gasteiger partial charge in [-0.3, -0.25) is 0 Å². The van der Waals surface area contributed by atoms with Crippen LogP contribution in [0.3, 0.4) is 0 Å². The van der Waals surface area contributed by atoms with Crippen LogP contribution >= 0.6 is 0 Å². The summed E-state index contributed by atoms with van der Waals surface area (Å²) in [4.78, 5) is 0. The Hall–Kier alpha value is -1.82. The van der Waals surface area contributed by atoms with Gasteiger partial charge in [-0.05, 0) is 29.5 Å². The first-order valence-electron chi connectivity index (χ1n) is 6.64. The average molecular weight is 238 g/mol. The van der Waals surface area contributed by atoms with Gasteiger partial charge in [0.15, 0.2) is 0 Å². The van der Waals surface area contributed by atoms with Gasteiger partial charge < -0.3 is 0 Å². The summed E-state index contributed by atoms with van der Waals surface area (Å²) in [5, 5.41) is 0. The minimum Gasteiger partial charge on any atom is -0.0985 e. The largest absolute Gasteiger partial charge is 0.0985 e. The van der Waals surface area contributed by atoms with E-state index >= 15 is 0 Å². The quantitative estimate of drug-likeness (QED) is 0.691. The molecule has 0 N–H and O–H groups in total. The van der Waals surface area contributed by atoms with E-state index in [1.165, 1.54) is 16.7 Å². The monoisotopic (exact) mass is 238 g/mol. The molecular weight excluding hydrogens is 216 g/mol. The van der Waals surface area contributed by atoms with Gasteiger partial charge in [0.2, 0.25) is 0 Å². The molecule has 0 aromatic heterocycles. The lowest BCUT2D eigenvalue weighted by atomic mass is 10.0. The Morgan fingerprint density at radius 3 is 1.78 bits per heavy atom. The summed E-state index contributed by atoms with van der Waals surface area (Å²) in [5.41, 5.74) is 3.97. The second kappa shape index (κ2) is 8.30. The lowest BCUT2D eigenvalue weighted by Gasteiger charge is -2.02. The summed E-state index contributed by atoms with van der Waals surface area (Å²) >= 11 is 0. The van der Waals surface area contributed by atoms with E-state index in [4.69, 9.17) is 0 Å². The number of hydrogen-bond donors (Lipinski definition) is 0. The molecule has 0 heterocycles. The van der Waals surface area contributed by atoms with Crippen molar-refractivity contribution >= 4 is 6.08 Å². The van der Waals surface area contributed by atoms with Crippen molar-refractivity contribution in [2.45, 2.75) is 26.7 Å². The minimum absolute atomic E-state index is 1.10. The van der Waals surface area contributed by atoms with Crippen LogP contribution in [0.1, 0.15) is 30.5 Å². The van der Waals surface area contributed by atoms with E-state index in [9.17, 15) is 0 Å². The van der Waals surface area contributed by atoms with Crippen LogP contribution in [-0.4, -0.2) is 0 Å². The zero-order valence-corrected chi connectivity index (χ0v) is 11.4. The molecule has 2 rings (SSSR count). The van der Waals surface area contributed by atoms with Crippen molar-refractivity contribution in [3.8, 4) is 0 Å². The summed E-state index contributed by atoms with van der Waals surface area (Å²) in [6.45, 7) is 7.75. The maximum absolute atomic E-state index is 3.75. The lowest BCUT2D eigenvalue weighted by molar-refractivity contribution is 0.960. The molecule has 0 saturated heterocycles. The Morgan fingerprint density at radius 2 is 1.28 bits per heavy atom. The molecule has 0 heteroatoms. The maximum Gasteiger partial charge on any atom is -0.0238 e. The Labute approximate surface area is 111 Å². The molecule has 0 nitrogen and oxygen atoms in total. The van der Waals surface area contributed by atoms with Crippen molar-refractivity contribution in [1.29, 1.82) is 0 Å². The molecular formula is C18H22. The van der Waals surface area contributed by atoms with Crippen molar-refractivity contribution in [3.05, 3.63) is 77.9 Å². The van der Waals surface area contributed by atoms with Gasteiger partial charge in [-0.2, -0.15) is 0 Å². The van der Waals surface area contributed by atoms with Gasteiger partial charge in [0.05, 0.1) is 0 Å². The van der Waals surface area contributed by atoms with E-state index in [0.29, 0.717) is 0 Å². The third kappa shape index (κ3) is 4.58. The Bertz CT molecular complexity index is 437. The van der Waals surface area contributed by atoms with E-state index in [2.05, 4.69) is 61.2 Å². The van der Waals surface area contributed by atoms with Crippen molar-refractivity contribution in [1.82, 2.24) is 0 Å². The van der Waals surface area contributed by atoms with Crippen LogP contribution in [0, 0.1) is 0 Å². The lowest BCUT2D eigenvalue weighted by Crippen LogP contribution is -1.90. The number of aryl methyl sites for hydroxylation is 2. The molecule has 0 amide bonds. The van der Waals surface area contributed by atoms with Crippen LogP contribution in [0.25, 0.3) is 6.08 Å². The summed E-state index contributed by atoms with van der Waals surface area (Å²) in [6, 6.07) is 19.2. The SMILES string of the molecule is C=Cc1ccc(CCc2ccccc2)cc1.CC. The van der Waals surface area contributed by atoms with E-state index in [1.807, 2.05) is 19.9 Å². The van der Waals surface area contributed by atoms with Crippen LogP contribution in [0.15, 0.2) is 61.2 Å². The van der Waals surface area contributed by atoms with Crippen LogP contribution in [0.2, 0.25) is 0 Å². The molecule has 0 saturated carbocycles. The van der Waals surface area contributed by atoms with Crippen LogP contribution in [0.5, 0.6) is 0 Å². The smallest absolute Gasteiger partial charge is 0.0238 e. The number of rotatable bonds is 4. The van der Waals surface area contributed by atoms with Gasteiger partial charge >= 0.3 is 0 Å². The zero-order valence-electron chi connectivity index (χ0n) is 11.4. The summed E-state index contributed by atoms with van der Waals surface area (Å²) in [6.07, 6.45) is 4.08. The van der Waals surface area contributed by atoms with E-state index in [0.717, 1.165) is 12.8 Å². The summed E-state index contributed by atoms with van der Waals surface area (Å²) in [5.74, 6) is 0. The van der Waals surface area contributed by atoms with Gasteiger partial charge in [0.1, 0.15) is 0 Å². The topological polar surface area (TPSA) is 0 Å². The van der Waals surface area contributed by atoms with Gasteiger partial charge in [0, 0.05) is 0 Å². The number of benzene rings is 2. The Morgan fingerprint density at radius 1 is 0.778 bits per heavy atom. The van der Waals surface area contributed by atoms with Crippen LogP contribution < -0.4 is 0 Å². The van der Waals surface area contributed by atoms with Crippen LogP contribution in [-0.2, 0) is 12.8 Å². The fraction of sp³-hybridized carbons (Fsp3) is 0.222. The molecule has 0 aliphatic carbocycles. The van der Waals surface area contributed by atoms with Gasteiger partial charge in [-0.25, -0.2) is 0 Å². The first kappa shape index (κ1) is 14.2. The highest BCUT2D eigenvalue weighted by Crippen LogP contribution is 2.09. The van der Waals surface area contributed by atoms with E-state index < -0.39 is 0 Å². The molecule has 94 valence electrons. The molecule has 18 heavy (non-hydrogen) atoms. The third-order valence-corrected chi connectivity index (χ3v) is 2.76. The fourth-order valence-electron chi connectivity index (χ4n) is 1.75. The van der Waals surface area contributed by atoms with Crippen molar-refractivity contribution in [3.63, 3.8) is 0 Å². The zero-order chi connectivity index (χ0) is 13.2. The predicted octanol–water partition coefficient (Wildman–Crippen LogP) is 5.14. The third-order valence-electron chi connectivity index (χ3n) is 2.76. The molecule has 0 aliphatic rings. The predicted molar refractivity (Wildman–Crippen MR) is 81.7 cm³/mol. The Kier molecular flexibility index (Phi) is 6.56. The second-order valence-corrected chi connectivity index (χ2v) is 3.93.